The zero-order valence-electron chi connectivity index (χ0n) is 8.32. The van der Waals surface area contributed by atoms with Crippen molar-refractivity contribution in [2.75, 3.05) is 19.5 Å². The fourth-order valence-corrected chi connectivity index (χ4v) is 0.990. The van der Waals surface area contributed by atoms with E-state index in [1.807, 2.05) is 0 Å². The molecule has 0 heterocycles. The van der Waals surface area contributed by atoms with Crippen molar-refractivity contribution < 1.29 is 14.3 Å². The molecule has 1 aromatic rings. The van der Waals surface area contributed by atoms with Crippen molar-refractivity contribution >= 4 is 11.7 Å². The highest BCUT2D eigenvalue weighted by atomic mass is 16.6. The Labute approximate surface area is 88.0 Å². The highest BCUT2D eigenvalue weighted by molar-refractivity contribution is 5.71. The zero-order chi connectivity index (χ0) is 11.3. The molecular formula is C11H11NO3. The van der Waals surface area contributed by atoms with E-state index in [9.17, 15) is 4.79 Å². The number of methoxy groups -OCH3 is 1. The van der Waals surface area contributed by atoms with Crippen molar-refractivity contribution in [3.63, 3.8) is 0 Å². The first-order valence-electron chi connectivity index (χ1n) is 4.22. The number of nitrogen functional groups attached to an aromatic ring is 1. The largest absolute Gasteiger partial charge is 0.482 e. The van der Waals surface area contributed by atoms with Crippen LogP contribution in [0.1, 0.15) is 5.56 Å². The molecule has 4 heteroatoms. The topological polar surface area (TPSA) is 61.5 Å². The molecule has 4 nitrogen and oxygen atoms in total. The van der Waals surface area contributed by atoms with Gasteiger partial charge in [0.2, 0.25) is 0 Å². The predicted molar refractivity (Wildman–Crippen MR) is 56.3 cm³/mol. The molecule has 0 aliphatic carbocycles. The summed E-state index contributed by atoms with van der Waals surface area (Å²) < 4.78 is 9.56. The molecule has 78 valence electrons. The summed E-state index contributed by atoms with van der Waals surface area (Å²) in [6.45, 7) is -0.163. The monoisotopic (exact) mass is 205 g/mol. The number of carbonyl (C=O) groups is 1. The highest BCUT2D eigenvalue weighted by Gasteiger charge is 2.03. The van der Waals surface area contributed by atoms with Crippen LogP contribution in [0.25, 0.3) is 0 Å². The molecule has 0 atom stereocenters. The van der Waals surface area contributed by atoms with Gasteiger partial charge in [-0.05, 0) is 12.1 Å². The van der Waals surface area contributed by atoms with E-state index in [-0.39, 0.29) is 6.61 Å². The van der Waals surface area contributed by atoms with E-state index in [4.69, 9.17) is 16.9 Å². The van der Waals surface area contributed by atoms with Gasteiger partial charge in [-0.15, -0.1) is 6.42 Å². The minimum Gasteiger partial charge on any atom is -0.482 e. The summed E-state index contributed by atoms with van der Waals surface area (Å²) in [4.78, 5) is 10.8. The average Bonchev–Trinajstić information content (AvgIpc) is 2.25. The van der Waals surface area contributed by atoms with Crippen LogP contribution in [0, 0.1) is 12.3 Å². The van der Waals surface area contributed by atoms with Crippen molar-refractivity contribution in [3.05, 3.63) is 23.8 Å². The van der Waals surface area contributed by atoms with Crippen LogP contribution in [-0.2, 0) is 9.53 Å². The van der Waals surface area contributed by atoms with Gasteiger partial charge in [-0.25, -0.2) is 4.79 Å². The number of esters is 1. The van der Waals surface area contributed by atoms with Crippen molar-refractivity contribution in [1.29, 1.82) is 0 Å². The lowest BCUT2D eigenvalue weighted by atomic mass is 10.2. The zero-order valence-corrected chi connectivity index (χ0v) is 8.32. The normalized spacial score (nSPS) is 9.07. The summed E-state index contributed by atoms with van der Waals surface area (Å²) in [7, 11) is 1.29. The Kier molecular flexibility index (Phi) is 3.58. The van der Waals surface area contributed by atoms with Gasteiger partial charge in [-0.1, -0.05) is 5.92 Å². The Bertz CT molecular complexity index is 407. The van der Waals surface area contributed by atoms with Gasteiger partial charge >= 0.3 is 5.97 Å². The third-order valence-electron chi connectivity index (χ3n) is 1.68. The highest BCUT2D eigenvalue weighted by Crippen LogP contribution is 2.18. The summed E-state index contributed by atoms with van der Waals surface area (Å²) in [5, 5.41) is 0. The van der Waals surface area contributed by atoms with Crippen molar-refractivity contribution in [1.82, 2.24) is 0 Å². The molecule has 0 aromatic heterocycles. The second kappa shape index (κ2) is 4.91. The molecule has 1 aromatic carbocycles. The quantitative estimate of drug-likeness (QED) is 0.450. The summed E-state index contributed by atoms with van der Waals surface area (Å²) in [5.74, 6) is 2.43. The maximum Gasteiger partial charge on any atom is 0.343 e. The molecule has 0 amide bonds. The summed E-state index contributed by atoms with van der Waals surface area (Å²) in [5.41, 5.74) is 6.68. The van der Waals surface area contributed by atoms with Gasteiger partial charge in [0.25, 0.3) is 0 Å². The van der Waals surface area contributed by atoms with Gasteiger partial charge in [0.05, 0.1) is 7.11 Å². The van der Waals surface area contributed by atoms with E-state index in [0.29, 0.717) is 17.0 Å². The molecule has 0 fully saturated rings. The van der Waals surface area contributed by atoms with E-state index >= 15 is 0 Å². The molecule has 0 unspecified atom stereocenters. The Hall–Kier alpha value is -2.15. The number of terminal acetylenes is 1. The summed E-state index contributed by atoms with van der Waals surface area (Å²) >= 11 is 0. The van der Waals surface area contributed by atoms with E-state index in [2.05, 4.69) is 10.7 Å². The number of benzene rings is 1. The van der Waals surface area contributed by atoms with E-state index < -0.39 is 5.97 Å². The van der Waals surface area contributed by atoms with Gasteiger partial charge in [-0.2, -0.15) is 0 Å². The molecule has 0 aliphatic heterocycles. The molecule has 0 aliphatic rings. The number of carbonyl (C=O) groups excluding carboxylic acids is 1. The molecule has 0 saturated heterocycles. The lowest BCUT2D eigenvalue weighted by Gasteiger charge is -2.06. The smallest absolute Gasteiger partial charge is 0.343 e. The van der Waals surface area contributed by atoms with Crippen molar-refractivity contribution in [3.8, 4) is 18.1 Å². The van der Waals surface area contributed by atoms with Gasteiger partial charge in [0.15, 0.2) is 6.61 Å². The van der Waals surface area contributed by atoms with Crippen LogP contribution in [0.2, 0.25) is 0 Å². The van der Waals surface area contributed by atoms with Gasteiger partial charge in [0, 0.05) is 17.3 Å². The number of nitrogens with two attached hydrogens (primary N) is 1. The second-order valence-corrected chi connectivity index (χ2v) is 2.80. The Morgan fingerprint density at radius 3 is 2.87 bits per heavy atom. The van der Waals surface area contributed by atoms with Crippen LogP contribution in [0.3, 0.4) is 0 Å². The van der Waals surface area contributed by atoms with Crippen molar-refractivity contribution in [2.24, 2.45) is 0 Å². The van der Waals surface area contributed by atoms with Crippen LogP contribution in [0.4, 0.5) is 5.69 Å². The summed E-state index contributed by atoms with van der Waals surface area (Å²) in [6, 6.07) is 4.86. The average molecular weight is 205 g/mol. The number of ether oxygens (including phenoxy) is 2. The SMILES string of the molecule is C#Cc1cc(N)cc(OCC(=O)OC)c1. The minimum absolute atomic E-state index is 0.163. The third kappa shape index (κ3) is 3.24. The fraction of sp³-hybridized carbons (Fsp3) is 0.182. The van der Waals surface area contributed by atoms with Gasteiger partial charge in [0.1, 0.15) is 5.75 Å². The maximum atomic E-state index is 10.8. The molecule has 0 radical (unpaired) electrons. The maximum absolute atomic E-state index is 10.8. The van der Waals surface area contributed by atoms with Crippen LogP contribution in [-0.4, -0.2) is 19.7 Å². The van der Waals surface area contributed by atoms with Crippen LogP contribution in [0.15, 0.2) is 18.2 Å². The fourth-order valence-electron chi connectivity index (χ4n) is 0.990. The number of hydrogen-bond acceptors (Lipinski definition) is 4. The Balaban J connectivity index is 2.74. The molecule has 1 rings (SSSR count). The van der Waals surface area contributed by atoms with Gasteiger partial charge in [-0.3, -0.25) is 0 Å². The predicted octanol–water partition coefficient (Wildman–Crippen LogP) is 0.802. The number of hydrogen-bond donors (Lipinski definition) is 1. The van der Waals surface area contributed by atoms with E-state index in [1.54, 1.807) is 18.2 Å². The third-order valence-corrected chi connectivity index (χ3v) is 1.68. The number of rotatable bonds is 3. The molecule has 0 spiro atoms. The first kappa shape index (κ1) is 10.9. The second-order valence-electron chi connectivity index (χ2n) is 2.80. The van der Waals surface area contributed by atoms with Crippen LogP contribution in [0.5, 0.6) is 5.75 Å². The van der Waals surface area contributed by atoms with E-state index in [0.717, 1.165) is 0 Å². The van der Waals surface area contributed by atoms with E-state index in [1.165, 1.54) is 7.11 Å². The minimum atomic E-state index is -0.459. The Morgan fingerprint density at radius 1 is 1.53 bits per heavy atom. The molecule has 15 heavy (non-hydrogen) atoms. The van der Waals surface area contributed by atoms with Crippen LogP contribution < -0.4 is 10.5 Å². The van der Waals surface area contributed by atoms with Crippen molar-refractivity contribution in [2.45, 2.75) is 0 Å². The summed E-state index contributed by atoms with van der Waals surface area (Å²) in [6.07, 6.45) is 5.22. The molecule has 2 N–H and O–H groups in total. The van der Waals surface area contributed by atoms with Crippen LogP contribution >= 0.6 is 0 Å². The first-order chi connectivity index (χ1) is 7.15. The molecular weight excluding hydrogens is 194 g/mol. The van der Waals surface area contributed by atoms with Gasteiger partial charge < -0.3 is 15.2 Å². The molecule has 0 saturated carbocycles. The number of anilines is 1. The lowest BCUT2D eigenvalue weighted by molar-refractivity contribution is -0.142. The lowest BCUT2D eigenvalue weighted by Crippen LogP contribution is -2.12. The Morgan fingerprint density at radius 2 is 2.27 bits per heavy atom. The first-order valence-corrected chi connectivity index (χ1v) is 4.22. The molecule has 0 bridgehead atoms. The standard InChI is InChI=1S/C11H11NO3/c1-3-8-4-9(12)6-10(5-8)15-7-11(13)14-2/h1,4-6H,7,12H2,2H3.